The molecule has 0 radical (unpaired) electrons. The van der Waals surface area contributed by atoms with Crippen molar-refractivity contribution >= 4 is 17.2 Å². The van der Waals surface area contributed by atoms with Crippen molar-refractivity contribution in [1.82, 2.24) is 10.2 Å². The second kappa shape index (κ2) is 6.31. The van der Waals surface area contributed by atoms with Gasteiger partial charge in [-0.15, -0.1) is 11.3 Å². The van der Waals surface area contributed by atoms with Gasteiger partial charge in [-0.05, 0) is 37.3 Å². The predicted octanol–water partition coefficient (Wildman–Crippen LogP) is 1.03. The van der Waals surface area contributed by atoms with Crippen LogP contribution in [-0.2, 0) is 11.3 Å². The summed E-state index contributed by atoms with van der Waals surface area (Å²) in [6.07, 6.45) is 1.11. The van der Waals surface area contributed by atoms with Crippen molar-refractivity contribution in [3.63, 3.8) is 0 Å². The van der Waals surface area contributed by atoms with E-state index in [-0.39, 0.29) is 11.9 Å². The van der Waals surface area contributed by atoms with Crippen LogP contribution in [0.4, 0.5) is 0 Å². The second-order valence-corrected chi connectivity index (χ2v) is 6.03. The number of hydrogen-bond acceptors (Lipinski definition) is 4. The molecule has 1 aliphatic heterocycles. The average Bonchev–Trinajstić information content (AvgIpc) is 2.96. The van der Waals surface area contributed by atoms with Gasteiger partial charge in [0.1, 0.15) is 0 Å². The van der Waals surface area contributed by atoms with E-state index in [0.29, 0.717) is 19.0 Å². The van der Waals surface area contributed by atoms with Crippen LogP contribution >= 0.6 is 11.3 Å². The predicted molar refractivity (Wildman–Crippen MR) is 74.4 cm³/mol. The molecule has 5 heteroatoms. The Hall–Kier alpha value is -0.910. The van der Waals surface area contributed by atoms with Crippen LogP contribution in [0.1, 0.15) is 18.2 Å². The molecule has 2 unspecified atom stereocenters. The highest BCUT2D eigenvalue weighted by Gasteiger charge is 2.26. The molecule has 1 fully saturated rings. The number of carbonyl (C=O) groups excluding carboxylic acids is 1. The lowest BCUT2D eigenvalue weighted by molar-refractivity contribution is -0.122. The average molecular weight is 267 g/mol. The molecule has 100 valence electrons. The van der Waals surface area contributed by atoms with Gasteiger partial charge >= 0.3 is 0 Å². The van der Waals surface area contributed by atoms with E-state index < -0.39 is 0 Å². The van der Waals surface area contributed by atoms with E-state index in [2.05, 4.69) is 10.2 Å². The van der Waals surface area contributed by atoms with Gasteiger partial charge in [-0.25, -0.2) is 0 Å². The molecular weight excluding hydrogens is 246 g/mol. The van der Waals surface area contributed by atoms with Crippen LogP contribution in [0.2, 0.25) is 0 Å². The summed E-state index contributed by atoms with van der Waals surface area (Å²) in [5.41, 5.74) is 5.89. The minimum Gasteiger partial charge on any atom is -0.350 e. The first-order chi connectivity index (χ1) is 8.65. The summed E-state index contributed by atoms with van der Waals surface area (Å²) >= 11 is 1.67. The van der Waals surface area contributed by atoms with Gasteiger partial charge in [0.15, 0.2) is 0 Å². The Bertz CT molecular complexity index is 378. The van der Waals surface area contributed by atoms with Crippen LogP contribution in [0.15, 0.2) is 17.5 Å². The number of hydrogen-bond donors (Lipinski definition) is 2. The molecule has 1 aromatic rings. The van der Waals surface area contributed by atoms with E-state index in [4.69, 9.17) is 5.73 Å². The standard InChI is InChI=1S/C13H21N3OS/c1-10(14)11-4-5-16(8-11)9-13(17)15-7-12-3-2-6-18-12/h2-3,6,10-11H,4-5,7-9,14H2,1H3,(H,15,17). The molecule has 0 bridgehead atoms. The minimum absolute atomic E-state index is 0.105. The van der Waals surface area contributed by atoms with Crippen molar-refractivity contribution in [2.45, 2.75) is 25.9 Å². The molecule has 0 aliphatic carbocycles. The number of nitrogens with zero attached hydrogens (tertiary/aromatic N) is 1. The summed E-state index contributed by atoms with van der Waals surface area (Å²) in [5.74, 6) is 0.642. The van der Waals surface area contributed by atoms with Crippen LogP contribution < -0.4 is 11.1 Å². The second-order valence-electron chi connectivity index (χ2n) is 5.00. The summed E-state index contributed by atoms with van der Waals surface area (Å²) in [7, 11) is 0. The Labute approximate surface area is 112 Å². The highest BCUT2D eigenvalue weighted by molar-refractivity contribution is 7.09. The van der Waals surface area contributed by atoms with Gasteiger partial charge in [0.25, 0.3) is 0 Å². The zero-order valence-corrected chi connectivity index (χ0v) is 11.6. The molecule has 1 amide bonds. The first kappa shape index (κ1) is 13.5. The molecular formula is C13H21N3OS. The number of nitrogens with one attached hydrogen (secondary N) is 1. The van der Waals surface area contributed by atoms with Gasteiger partial charge < -0.3 is 11.1 Å². The minimum atomic E-state index is 0.105. The Morgan fingerprint density at radius 1 is 1.72 bits per heavy atom. The van der Waals surface area contributed by atoms with E-state index in [9.17, 15) is 4.79 Å². The maximum Gasteiger partial charge on any atom is 0.234 e. The molecule has 2 rings (SSSR count). The van der Waals surface area contributed by atoms with Crippen LogP contribution in [0.5, 0.6) is 0 Å². The Morgan fingerprint density at radius 3 is 3.17 bits per heavy atom. The zero-order chi connectivity index (χ0) is 13.0. The Kier molecular flexibility index (Phi) is 4.74. The van der Waals surface area contributed by atoms with Gasteiger partial charge in [-0.1, -0.05) is 6.07 Å². The van der Waals surface area contributed by atoms with Crippen LogP contribution in [0.3, 0.4) is 0 Å². The zero-order valence-electron chi connectivity index (χ0n) is 10.8. The topological polar surface area (TPSA) is 58.4 Å². The van der Waals surface area contributed by atoms with Crippen molar-refractivity contribution in [3.8, 4) is 0 Å². The maximum atomic E-state index is 11.8. The van der Waals surface area contributed by atoms with Crippen molar-refractivity contribution in [2.24, 2.45) is 11.7 Å². The third-order valence-corrected chi connectivity index (χ3v) is 4.34. The summed E-state index contributed by atoms with van der Waals surface area (Å²) in [6, 6.07) is 4.26. The lowest BCUT2D eigenvalue weighted by Crippen LogP contribution is -2.37. The summed E-state index contributed by atoms with van der Waals surface area (Å²) in [4.78, 5) is 15.2. The molecule has 1 aliphatic rings. The molecule has 2 atom stereocenters. The molecule has 1 aromatic heterocycles. The lowest BCUT2D eigenvalue weighted by Gasteiger charge is -2.17. The van der Waals surface area contributed by atoms with Gasteiger partial charge in [0.2, 0.25) is 5.91 Å². The fourth-order valence-electron chi connectivity index (χ4n) is 2.29. The first-order valence-electron chi connectivity index (χ1n) is 6.42. The lowest BCUT2D eigenvalue weighted by atomic mass is 10.0. The van der Waals surface area contributed by atoms with Gasteiger partial charge in [-0.3, -0.25) is 9.69 Å². The van der Waals surface area contributed by atoms with E-state index in [1.807, 2.05) is 24.4 Å². The quantitative estimate of drug-likeness (QED) is 0.838. The number of likely N-dealkylation sites (tertiary alicyclic amines) is 1. The van der Waals surface area contributed by atoms with E-state index in [1.165, 1.54) is 4.88 Å². The number of carbonyl (C=O) groups is 1. The van der Waals surface area contributed by atoms with E-state index in [0.717, 1.165) is 19.5 Å². The van der Waals surface area contributed by atoms with Crippen molar-refractivity contribution in [1.29, 1.82) is 0 Å². The van der Waals surface area contributed by atoms with Gasteiger partial charge in [-0.2, -0.15) is 0 Å². The molecule has 4 nitrogen and oxygen atoms in total. The molecule has 2 heterocycles. The smallest absolute Gasteiger partial charge is 0.234 e. The molecule has 0 spiro atoms. The summed E-state index contributed by atoms with van der Waals surface area (Å²) in [6.45, 7) is 5.11. The number of rotatable bonds is 5. The normalized spacial score (nSPS) is 22.0. The maximum absolute atomic E-state index is 11.8. The van der Waals surface area contributed by atoms with Crippen molar-refractivity contribution in [3.05, 3.63) is 22.4 Å². The molecule has 0 aromatic carbocycles. The van der Waals surface area contributed by atoms with Crippen molar-refractivity contribution in [2.75, 3.05) is 19.6 Å². The number of nitrogens with two attached hydrogens (primary N) is 1. The highest BCUT2D eigenvalue weighted by atomic mass is 32.1. The van der Waals surface area contributed by atoms with Crippen LogP contribution in [-0.4, -0.2) is 36.5 Å². The Balaban J connectivity index is 1.69. The van der Waals surface area contributed by atoms with Gasteiger partial charge in [0, 0.05) is 17.5 Å². The van der Waals surface area contributed by atoms with Crippen LogP contribution in [0, 0.1) is 5.92 Å². The van der Waals surface area contributed by atoms with E-state index in [1.54, 1.807) is 11.3 Å². The molecule has 3 N–H and O–H groups in total. The molecule has 1 saturated heterocycles. The number of amides is 1. The summed E-state index contributed by atoms with van der Waals surface area (Å²) < 4.78 is 0. The third-order valence-electron chi connectivity index (χ3n) is 3.46. The van der Waals surface area contributed by atoms with E-state index >= 15 is 0 Å². The first-order valence-corrected chi connectivity index (χ1v) is 7.30. The van der Waals surface area contributed by atoms with Crippen molar-refractivity contribution < 1.29 is 4.79 Å². The van der Waals surface area contributed by atoms with Gasteiger partial charge in [0.05, 0.1) is 13.1 Å². The molecule has 0 saturated carbocycles. The largest absolute Gasteiger partial charge is 0.350 e. The third kappa shape index (κ3) is 3.80. The molecule has 18 heavy (non-hydrogen) atoms. The SMILES string of the molecule is CC(N)C1CCN(CC(=O)NCc2cccs2)C1. The van der Waals surface area contributed by atoms with Crippen LogP contribution in [0.25, 0.3) is 0 Å². The fraction of sp³-hybridized carbons (Fsp3) is 0.615. The summed E-state index contributed by atoms with van der Waals surface area (Å²) in [5, 5.41) is 4.98. The Morgan fingerprint density at radius 2 is 2.56 bits per heavy atom. The monoisotopic (exact) mass is 267 g/mol. The highest BCUT2D eigenvalue weighted by Crippen LogP contribution is 2.17. The fourth-order valence-corrected chi connectivity index (χ4v) is 2.94. The number of thiophene rings is 1.